The van der Waals surface area contributed by atoms with Crippen LogP contribution >= 0.6 is 0 Å². The molecule has 1 heterocycles. The monoisotopic (exact) mass is 310 g/mol. The maximum atomic E-state index is 12.7. The molecule has 2 rings (SSSR count). The van der Waals surface area contributed by atoms with Crippen molar-refractivity contribution in [3.63, 3.8) is 0 Å². The highest BCUT2D eigenvalue weighted by atomic mass is 32.2. The van der Waals surface area contributed by atoms with E-state index in [1.165, 1.54) is 0 Å². The third-order valence-corrected chi connectivity index (χ3v) is 6.05. The Morgan fingerprint density at radius 2 is 1.95 bits per heavy atom. The summed E-state index contributed by atoms with van der Waals surface area (Å²) in [6, 6.07) is 7.46. The van der Waals surface area contributed by atoms with E-state index in [2.05, 4.69) is 19.2 Å². The van der Waals surface area contributed by atoms with Gasteiger partial charge in [-0.1, -0.05) is 26.0 Å². The van der Waals surface area contributed by atoms with E-state index in [9.17, 15) is 8.42 Å². The zero-order valence-electron chi connectivity index (χ0n) is 13.0. The van der Waals surface area contributed by atoms with Crippen molar-refractivity contribution in [2.75, 3.05) is 13.1 Å². The number of rotatable bonds is 7. The Kier molecular flexibility index (Phi) is 5.79. The van der Waals surface area contributed by atoms with E-state index in [0.29, 0.717) is 11.4 Å². The van der Waals surface area contributed by atoms with Gasteiger partial charge in [0.1, 0.15) is 0 Å². The maximum absolute atomic E-state index is 12.7. The first-order chi connectivity index (χ1) is 10.1. The first-order valence-corrected chi connectivity index (χ1v) is 9.35. The molecule has 0 saturated carbocycles. The Morgan fingerprint density at radius 1 is 1.24 bits per heavy atom. The van der Waals surface area contributed by atoms with Gasteiger partial charge in [0.25, 0.3) is 0 Å². The summed E-state index contributed by atoms with van der Waals surface area (Å²) in [5.74, 6) is 0. The van der Waals surface area contributed by atoms with E-state index in [0.717, 1.165) is 44.3 Å². The highest BCUT2D eigenvalue weighted by molar-refractivity contribution is 7.89. The Balaban J connectivity index is 2.10. The molecule has 0 aliphatic carbocycles. The first kappa shape index (κ1) is 16.5. The van der Waals surface area contributed by atoms with Crippen LogP contribution in [0.5, 0.6) is 0 Å². The lowest BCUT2D eigenvalue weighted by molar-refractivity contribution is 0.379. The van der Waals surface area contributed by atoms with Gasteiger partial charge in [-0.2, -0.15) is 4.31 Å². The molecule has 1 unspecified atom stereocenters. The molecule has 0 radical (unpaired) electrons. The third-order valence-electron chi connectivity index (χ3n) is 4.08. The first-order valence-electron chi connectivity index (χ1n) is 7.91. The number of nitrogens with one attached hydrogen (secondary N) is 1. The molecule has 1 fully saturated rings. The molecule has 5 heteroatoms. The summed E-state index contributed by atoms with van der Waals surface area (Å²) in [5.41, 5.74) is 1.12. The normalized spacial score (nSPS) is 20.0. The Morgan fingerprint density at radius 3 is 2.57 bits per heavy atom. The van der Waals surface area contributed by atoms with Gasteiger partial charge in [-0.05, 0) is 49.9 Å². The lowest BCUT2D eigenvalue weighted by Crippen LogP contribution is -2.35. The van der Waals surface area contributed by atoms with Crippen molar-refractivity contribution in [2.45, 2.75) is 57.0 Å². The van der Waals surface area contributed by atoms with Crippen LogP contribution in [0.25, 0.3) is 0 Å². The lowest BCUT2D eigenvalue weighted by atomic mass is 10.2. The maximum Gasteiger partial charge on any atom is 0.243 e. The fourth-order valence-corrected chi connectivity index (χ4v) is 4.62. The Labute approximate surface area is 128 Å². The van der Waals surface area contributed by atoms with Crippen molar-refractivity contribution in [3.05, 3.63) is 29.8 Å². The van der Waals surface area contributed by atoms with Gasteiger partial charge in [-0.15, -0.1) is 0 Å². The van der Waals surface area contributed by atoms with E-state index in [-0.39, 0.29) is 6.04 Å². The predicted octanol–water partition coefficient (Wildman–Crippen LogP) is 2.75. The van der Waals surface area contributed by atoms with Crippen LogP contribution in [-0.2, 0) is 16.6 Å². The number of benzene rings is 1. The van der Waals surface area contributed by atoms with Crippen LogP contribution in [0.4, 0.5) is 0 Å². The molecule has 118 valence electrons. The van der Waals surface area contributed by atoms with Crippen LogP contribution in [0.15, 0.2) is 29.2 Å². The van der Waals surface area contributed by atoms with Crippen LogP contribution in [0.2, 0.25) is 0 Å². The summed E-state index contributed by atoms with van der Waals surface area (Å²) in [5, 5.41) is 3.32. The van der Waals surface area contributed by atoms with E-state index in [1.807, 2.05) is 12.1 Å². The van der Waals surface area contributed by atoms with Gasteiger partial charge < -0.3 is 5.32 Å². The average molecular weight is 310 g/mol. The number of sulfonamides is 1. The highest BCUT2D eigenvalue weighted by Gasteiger charge is 2.33. The molecule has 21 heavy (non-hydrogen) atoms. The minimum atomic E-state index is -3.33. The number of nitrogens with zero attached hydrogens (tertiary/aromatic N) is 1. The summed E-state index contributed by atoms with van der Waals surface area (Å²) in [7, 11) is -3.33. The molecule has 1 aliphatic rings. The molecule has 1 atom stereocenters. The molecule has 0 amide bonds. The van der Waals surface area contributed by atoms with Gasteiger partial charge in [0.2, 0.25) is 10.0 Å². The summed E-state index contributed by atoms with van der Waals surface area (Å²) in [4.78, 5) is 0.419. The predicted molar refractivity (Wildman–Crippen MR) is 85.6 cm³/mol. The van der Waals surface area contributed by atoms with E-state index >= 15 is 0 Å². The van der Waals surface area contributed by atoms with Gasteiger partial charge in [-0.3, -0.25) is 0 Å². The second kappa shape index (κ2) is 7.38. The Hall–Kier alpha value is -0.910. The summed E-state index contributed by atoms with van der Waals surface area (Å²) >= 11 is 0. The number of hydrogen-bond acceptors (Lipinski definition) is 3. The molecule has 0 spiro atoms. The van der Waals surface area contributed by atoms with Crippen LogP contribution in [0, 0.1) is 0 Å². The van der Waals surface area contributed by atoms with Crippen LogP contribution < -0.4 is 5.32 Å². The molecular weight excluding hydrogens is 284 g/mol. The van der Waals surface area contributed by atoms with E-state index in [1.54, 1.807) is 16.4 Å². The third kappa shape index (κ3) is 3.84. The van der Waals surface area contributed by atoms with Crippen molar-refractivity contribution >= 4 is 10.0 Å². The van der Waals surface area contributed by atoms with Crippen LogP contribution in [0.1, 0.15) is 45.1 Å². The van der Waals surface area contributed by atoms with Crippen LogP contribution in [0.3, 0.4) is 0 Å². The van der Waals surface area contributed by atoms with Gasteiger partial charge in [-0.25, -0.2) is 8.42 Å². The van der Waals surface area contributed by atoms with E-state index in [4.69, 9.17) is 0 Å². The zero-order valence-corrected chi connectivity index (χ0v) is 13.8. The van der Waals surface area contributed by atoms with Crippen molar-refractivity contribution in [1.29, 1.82) is 0 Å². The molecule has 1 aromatic rings. The van der Waals surface area contributed by atoms with Crippen molar-refractivity contribution in [2.24, 2.45) is 0 Å². The largest absolute Gasteiger partial charge is 0.313 e. The van der Waals surface area contributed by atoms with Crippen molar-refractivity contribution < 1.29 is 8.42 Å². The second-order valence-electron chi connectivity index (χ2n) is 5.64. The molecule has 1 N–H and O–H groups in total. The zero-order chi connectivity index (χ0) is 15.3. The molecule has 4 nitrogen and oxygen atoms in total. The fourth-order valence-electron chi connectivity index (χ4n) is 2.86. The molecule has 1 aliphatic heterocycles. The minimum absolute atomic E-state index is 0.167. The standard InChI is InChI=1S/C16H26N2O2S/c1-3-11-17-13-14-7-9-16(10-8-14)21(19,20)18-12-5-6-15(18)4-2/h7-10,15,17H,3-6,11-13H2,1-2H3. The smallest absolute Gasteiger partial charge is 0.243 e. The molecule has 0 bridgehead atoms. The van der Waals surface area contributed by atoms with Crippen molar-refractivity contribution in [3.8, 4) is 0 Å². The molecule has 0 aromatic heterocycles. The minimum Gasteiger partial charge on any atom is -0.313 e. The van der Waals surface area contributed by atoms with Crippen LogP contribution in [-0.4, -0.2) is 31.9 Å². The molecular formula is C16H26N2O2S. The second-order valence-corrected chi connectivity index (χ2v) is 7.53. The summed E-state index contributed by atoms with van der Waals surface area (Å²) in [6.45, 7) is 6.60. The van der Waals surface area contributed by atoms with E-state index < -0.39 is 10.0 Å². The summed E-state index contributed by atoms with van der Waals surface area (Å²) < 4.78 is 27.0. The average Bonchev–Trinajstić information content (AvgIpc) is 2.97. The van der Waals surface area contributed by atoms with Crippen molar-refractivity contribution in [1.82, 2.24) is 9.62 Å². The number of hydrogen-bond donors (Lipinski definition) is 1. The SMILES string of the molecule is CCCNCc1ccc(S(=O)(=O)N2CCCC2CC)cc1. The highest BCUT2D eigenvalue weighted by Crippen LogP contribution is 2.27. The topological polar surface area (TPSA) is 49.4 Å². The molecule has 1 saturated heterocycles. The van der Waals surface area contributed by atoms with Gasteiger partial charge in [0.15, 0.2) is 0 Å². The Bertz CT molecular complexity index is 540. The lowest BCUT2D eigenvalue weighted by Gasteiger charge is -2.23. The van der Waals surface area contributed by atoms with Gasteiger partial charge in [0.05, 0.1) is 4.90 Å². The van der Waals surface area contributed by atoms with Gasteiger partial charge >= 0.3 is 0 Å². The van der Waals surface area contributed by atoms with Gasteiger partial charge in [0, 0.05) is 19.1 Å². The summed E-state index contributed by atoms with van der Waals surface area (Å²) in [6.07, 6.45) is 3.93. The molecule has 1 aromatic carbocycles. The fraction of sp³-hybridized carbons (Fsp3) is 0.625. The quantitative estimate of drug-likeness (QED) is 0.788.